The van der Waals surface area contributed by atoms with Crippen LogP contribution in [-0.2, 0) is 9.59 Å². The molecule has 1 N–H and O–H groups in total. The fourth-order valence-electron chi connectivity index (χ4n) is 3.03. The van der Waals surface area contributed by atoms with E-state index in [1.165, 1.54) is 0 Å². The van der Waals surface area contributed by atoms with Gasteiger partial charge in [0.1, 0.15) is 0 Å². The van der Waals surface area contributed by atoms with E-state index >= 15 is 0 Å². The van der Waals surface area contributed by atoms with Crippen molar-refractivity contribution in [1.29, 1.82) is 0 Å². The van der Waals surface area contributed by atoms with Gasteiger partial charge in [-0.05, 0) is 24.2 Å². The number of rotatable bonds is 0. The van der Waals surface area contributed by atoms with Crippen molar-refractivity contribution in [1.82, 2.24) is 5.32 Å². The number of hydrogen-bond acceptors (Lipinski definition) is 2. The molecule has 1 aliphatic carbocycles. The van der Waals surface area contributed by atoms with Gasteiger partial charge in [-0.25, -0.2) is 0 Å². The van der Waals surface area contributed by atoms with E-state index in [0.29, 0.717) is 12.3 Å². The van der Waals surface area contributed by atoms with E-state index in [0.717, 1.165) is 19.3 Å². The van der Waals surface area contributed by atoms with E-state index in [1.807, 2.05) is 6.92 Å². The molecule has 2 rings (SSSR count). The molecule has 1 saturated heterocycles. The van der Waals surface area contributed by atoms with Crippen LogP contribution >= 0.6 is 0 Å². The molecule has 1 saturated carbocycles. The van der Waals surface area contributed by atoms with Crippen LogP contribution in [-0.4, -0.2) is 11.8 Å². The molecule has 0 aromatic rings. The van der Waals surface area contributed by atoms with Crippen molar-refractivity contribution in [3.63, 3.8) is 0 Å². The van der Waals surface area contributed by atoms with Crippen LogP contribution in [0, 0.1) is 17.3 Å². The van der Waals surface area contributed by atoms with Gasteiger partial charge in [0.2, 0.25) is 11.8 Å². The molecule has 2 fully saturated rings. The molecular weight excluding hydrogens is 178 g/mol. The minimum absolute atomic E-state index is 0.00477. The van der Waals surface area contributed by atoms with Gasteiger partial charge in [-0.15, -0.1) is 0 Å². The Balaban J connectivity index is 2.24. The zero-order valence-corrected chi connectivity index (χ0v) is 8.80. The molecule has 0 radical (unpaired) electrons. The predicted molar refractivity (Wildman–Crippen MR) is 52.4 cm³/mol. The van der Waals surface area contributed by atoms with E-state index < -0.39 is 0 Å². The molecule has 1 aliphatic heterocycles. The molecule has 2 amide bonds. The standard InChI is InChI=1S/C11H17NO2/c1-7-3-4-11(5-7)6-9(13)12-10(14)8(11)2/h7-8H,3-6H2,1-2H3,(H,12,13,14). The molecule has 0 bridgehead atoms. The van der Waals surface area contributed by atoms with Crippen molar-refractivity contribution in [2.75, 3.05) is 0 Å². The van der Waals surface area contributed by atoms with E-state index in [1.54, 1.807) is 0 Å². The molecule has 3 atom stereocenters. The first-order valence-corrected chi connectivity index (χ1v) is 5.37. The first kappa shape index (κ1) is 9.69. The highest BCUT2D eigenvalue weighted by Crippen LogP contribution is 2.50. The Morgan fingerprint density at radius 3 is 2.64 bits per heavy atom. The highest BCUT2D eigenvalue weighted by atomic mass is 16.2. The lowest BCUT2D eigenvalue weighted by Crippen LogP contribution is -2.50. The van der Waals surface area contributed by atoms with Crippen molar-refractivity contribution in [3.05, 3.63) is 0 Å². The van der Waals surface area contributed by atoms with Gasteiger partial charge in [-0.1, -0.05) is 20.3 Å². The third kappa shape index (κ3) is 1.35. The second kappa shape index (κ2) is 3.07. The second-order valence-corrected chi connectivity index (χ2v) is 5.02. The summed E-state index contributed by atoms with van der Waals surface area (Å²) in [5, 5.41) is 2.42. The minimum Gasteiger partial charge on any atom is -0.296 e. The molecule has 1 heterocycles. The minimum atomic E-state index is -0.0813. The molecule has 3 unspecified atom stereocenters. The van der Waals surface area contributed by atoms with Gasteiger partial charge in [-0.3, -0.25) is 14.9 Å². The average molecular weight is 195 g/mol. The molecule has 2 aliphatic rings. The maximum atomic E-state index is 11.5. The Kier molecular flexibility index (Phi) is 2.13. The van der Waals surface area contributed by atoms with Gasteiger partial charge < -0.3 is 0 Å². The predicted octanol–water partition coefficient (Wildman–Crippen LogP) is 1.48. The second-order valence-electron chi connectivity index (χ2n) is 5.02. The van der Waals surface area contributed by atoms with E-state index in [9.17, 15) is 9.59 Å². The van der Waals surface area contributed by atoms with Gasteiger partial charge in [0.05, 0.1) is 0 Å². The quantitative estimate of drug-likeness (QED) is 0.595. The molecule has 14 heavy (non-hydrogen) atoms. The summed E-state index contributed by atoms with van der Waals surface area (Å²) in [6, 6.07) is 0. The summed E-state index contributed by atoms with van der Waals surface area (Å²) in [5.74, 6) is 0.513. The smallest absolute Gasteiger partial charge is 0.229 e. The third-order valence-electron chi connectivity index (χ3n) is 3.98. The number of nitrogens with one attached hydrogen (secondary N) is 1. The first-order valence-electron chi connectivity index (χ1n) is 5.37. The lowest BCUT2D eigenvalue weighted by Gasteiger charge is -2.37. The number of carbonyl (C=O) groups excluding carboxylic acids is 2. The SMILES string of the molecule is CC1CCC2(CC(=O)NC(=O)C2C)C1. The summed E-state index contributed by atoms with van der Waals surface area (Å²) < 4.78 is 0. The van der Waals surface area contributed by atoms with Crippen molar-refractivity contribution < 1.29 is 9.59 Å². The van der Waals surface area contributed by atoms with Crippen molar-refractivity contribution in [2.45, 2.75) is 39.5 Å². The van der Waals surface area contributed by atoms with Crippen molar-refractivity contribution in [2.24, 2.45) is 17.3 Å². The fourth-order valence-corrected chi connectivity index (χ4v) is 3.03. The van der Waals surface area contributed by atoms with Gasteiger partial charge in [0.15, 0.2) is 0 Å². The monoisotopic (exact) mass is 195 g/mol. The summed E-state index contributed by atoms with van der Waals surface area (Å²) in [6.45, 7) is 4.16. The zero-order valence-electron chi connectivity index (χ0n) is 8.80. The number of hydrogen-bond donors (Lipinski definition) is 1. The van der Waals surface area contributed by atoms with Crippen LogP contribution in [0.4, 0.5) is 0 Å². The zero-order chi connectivity index (χ0) is 10.3. The summed E-state index contributed by atoms with van der Waals surface area (Å²) in [7, 11) is 0. The Morgan fingerprint density at radius 2 is 2.07 bits per heavy atom. The van der Waals surface area contributed by atoms with Crippen LogP contribution < -0.4 is 5.32 Å². The van der Waals surface area contributed by atoms with Gasteiger partial charge in [-0.2, -0.15) is 0 Å². The number of piperidine rings is 1. The molecule has 78 valence electrons. The van der Waals surface area contributed by atoms with Gasteiger partial charge in [0, 0.05) is 12.3 Å². The normalized spacial score (nSPS) is 43.0. The molecule has 0 aromatic carbocycles. The van der Waals surface area contributed by atoms with E-state index in [2.05, 4.69) is 12.2 Å². The van der Waals surface area contributed by atoms with Crippen LogP contribution in [0.5, 0.6) is 0 Å². The largest absolute Gasteiger partial charge is 0.296 e. The lowest BCUT2D eigenvalue weighted by molar-refractivity contribution is -0.142. The Bertz CT molecular complexity index is 287. The number of carbonyl (C=O) groups is 2. The van der Waals surface area contributed by atoms with Crippen LogP contribution in [0.15, 0.2) is 0 Å². The maximum Gasteiger partial charge on any atom is 0.229 e. The van der Waals surface area contributed by atoms with Crippen LogP contribution in [0.1, 0.15) is 39.5 Å². The highest BCUT2D eigenvalue weighted by molar-refractivity contribution is 5.99. The fraction of sp³-hybridized carbons (Fsp3) is 0.818. The van der Waals surface area contributed by atoms with Crippen LogP contribution in [0.2, 0.25) is 0 Å². The molecular formula is C11H17NO2. The van der Waals surface area contributed by atoms with Crippen molar-refractivity contribution in [3.8, 4) is 0 Å². The van der Waals surface area contributed by atoms with Gasteiger partial charge >= 0.3 is 0 Å². The summed E-state index contributed by atoms with van der Waals surface area (Å²) in [6.07, 6.45) is 3.77. The van der Waals surface area contributed by atoms with Crippen LogP contribution in [0.25, 0.3) is 0 Å². The summed E-state index contributed by atoms with van der Waals surface area (Å²) in [5.41, 5.74) is -0.0150. The molecule has 1 spiro atoms. The average Bonchev–Trinajstić information content (AvgIpc) is 2.44. The topological polar surface area (TPSA) is 46.2 Å². The highest BCUT2D eigenvalue weighted by Gasteiger charge is 2.49. The molecule has 3 nitrogen and oxygen atoms in total. The number of amides is 2. The van der Waals surface area contributed by atoms with E-state index in [-0.39, 0.29) is 23.1 Å². The Hall–Kier alpha value is -0.860. The Labute approximate surface area is 84.2 Å². The summed E-state index contributed by atoms with van der Waals surface area (Å²) in [4.78, 5) is 22.9. The van der Waals surface area contributed by atoms with Crippen LogP contribution in [0.3, 0.4) is 0 Å². The third-order valence-corrected chi connectivity index (χ3v) is 3.98. The summed E-state index contributed by atoms with van der Waals surface area (Å²) >= 11 is 0. The first-order chi connectivity index (χ1) is 6.53. The van der Waals surface area contributed by atoms with Crippen molar-refractivity contribution >= 4 is 11.8 Å². The maximum absolute atomic E-state index is 11.5. The molecule has 0 aromatic heterocycles. The number of imide groups is 1. The van der Waals surface area contributed by atoms with E-state index in [4.69, 9.17) is 0 Å². The molecule has 3 heteroatoms. The Morgan fingerprint density at radius 1 is 1.36 bits per heavy atom. The van der Waals surface area contributed by atoms with Gasteiger partial charge in [0.25, 0.3) is 0 Å². The lowest BCUT2D eigenvalue weighted by atomic mass is 9.69.